The van der Waals surface area contributed by atoms with Crippen LogP contribution in [-0.2, 0) is 17.1 Å². The first-order valence-electron chi connectivity index (χ1n) is 13.2. The monoisotopic (exact) mass is 600 g/mol. The van der Waals surface area contributed by atoms with Crippen LogP contribution in [0.2, 0.25) is 0 Å². The lowest BCUT2D eigenvalue weighted by molar-refractivity contribution is 0.0964. The second kappa shape index (κ2) is 10.6. The predicted molar refractivity (Wildman–Crippen MR) is 162 cm³/mol. The quantitative estimate of drug-likeness (QED) is 0.246. The third kappa shape index (κ3) is 5.06. The molecule has 3 heterocycles. The Kier molecular flexibility index (Phi) is 6.85. The zero-order valence-corrected chi connectivity index (χ0v) is 24.1. The van der Waals surface area contributed by atoms with Crippen LogP contribution >= 0.6 is 0 Å². The molecule has 3 aromatic carbocycles. The highest BCUT2D eigenvalue weighted by Gasteiger charge is 2.25. The summed E-state index contributed by atoms with van der Waals surface area (Å²) in [6, 6.07) is 17.3. The van der Waals surface area contributed by atoms with Gasteiger partial charge in [0.2, 0.25) is 15.9 Å². The number of benzene rings is 3. The highest BCUT2D eigenvalue weighted by molar-refractivity contribution is 7.92. The number of amides is 1. The van der Waals surface area contributed by atoms with Crippen LogP contribution in [0.3, 0.4) is 0 Å². The molecular formula is C31H25FN4O6S. The number of sulfonamides is 1. The summed E-state index contributed by atoms with van der Waals surface area (Å²) in [6.07, 6.45) is 1.56. The normalized spacial score (nSPS) is 11.7. The Morgan fingerprint density at radius 2 is 1.72 bits per heavy atom. The van der Waals surface area contributed by atoms with E-state index in [1.54, 1.807) is 49.6 Å². The molecule has 0 radical (unpaired) electrons. The summed E-state index contributed by atoms with van der Waals surface area (Å²) in [5, 5.41) is 2.99. The van der Waals surface area contributed by atoms with Crippen molar-refractivity contribution in [1.82, 2.24) is 14.9 Å². The standard InChI is InChI=1S/C31H25FN4O6S/c1-4-43(39,40)35-24-15-26-21(27(29(37)33-2)28(41-26)17-9-11-19(32)12-10-17)14-20(24)18-13-22(31(38)36(3)16-18)30-34-23-7-5-6-8-25(23)42-30/h5-16,35H,4H2,1-3H3,(H,33,37). The number of carbonyl (C=O) groups is 1. The van der Waals surface area contributed by atoms with Crippen molar-refractivity contribution in [1.29, 1.82) is 0 Å². The largest absolute Gasteiger partial charge is 0.455 e. The number of aryl methyl sites for hydroxylation is 1. The smallest absolute Gasteiger partial charge is 0.263 e. The number of oxazole rings is 1. The molecule has 43 heavy (non-hydrogen) atoms. The molecule has 6 aromatic rings. The number of rotatable bonds is 7. The van der Waals surface area contributed by atoms with Gasteiger partial charge in [-0.15, -0.1) is 0 Å². The topological polar surface area (TPSA) is 136 Å². The summed E-state index contributed by atoms with van der Waals surface area (Å²) < 4.78 is 55.1. The van der Waals surface area contributed by atoms with Gasteiger partial charge in [-0.05, 0) is 55.5 Å². The van der Waals surface area contributed by atoms with E-state index < -0.39 is 21.7 Å². The van der Waals surface area contributed by atoms with Gasteiger partial charge < -0.3 is 18.7 Å². The summed E-state index contributed by atoms with van der Waals surface area (Å²) >= 11 is 0. The maximum Gasteiger partial charge on any atom is 0.263 e. The molecule has 10 nitrogen and oxygen atoms in total. The van der Waals surface area contributed by atoms with Gasteiger partial charge in [0.1, 0.15) is 28.2 Å². The second-order valence-corrected chi connectivity index (χ2v) is 11.8. The van der Waals surface area contributed by atoms with E-state index in [1.165, 1.54) is 48.9 Å². The van der Waals surface area contributed by atoms with Crippen molar-refractivity contribution in [3.63, 3.8) is 0 Å². The van der Waals surface area contributed by atoms with Crippen molar-refractivity contribution < 1.29 is 26.4 Å². The molecule has 0 bridgehead atoms. The molecule has 1 amide bonds. The van der Waals surface area contributed by atoms with E-state index in [4.69, 9.17) is 8.83 Å². The fraction of sp³-hybridized carbons (Fsp3) is 0.129. The van der Waals surface area contributed by atoms with E-state index in [0.717, 1.165) is 0 Å². The third-order valence-corrected chi connectivity index (χ3v) is 8.34. The molecule has 0 aliphatic rings. The molecule has 2 N–H and O–H groups in total. The molecule has 0 spiro atoms. The molecule has 0 unspecified atom stereocenters. The average Bonchev–Trinajstić information content (AvgIpc) is 3.59. The summed E-state index contributed by atoms with van der Waals surface area (Å²) in [5.41, 5.74) is 2.70. The van der Waals surface area contributed by atoms with Crippen LogP contribution in [-0.4, -0.2) is 36.7 Å². The Morgan fingerprint density at radius 3 is 2.42 bits per heavy atom. The molecule has 218 valence electrons. The van der Waals surface area contributed by atoms with E-state index >= 15 is 0 Å². The summed E-state index contributed by atoms with van der Waals surface area (Å²) in [5.74, 6) is -0.825. The number of fused-ring (bicyclic) bond motifs is 2. The highest BCUT2D eigenvalue weighted by Crippen LogP contribution is 2.40. The van der Waals surface area contributed by atoms with Gasteiger partial charge in [-0.1, -0.05) is 12.1 Å². The summed E-state index contributed by atoms with van der Waals surface area (Å²) in [4.78, 5) is 30.9. The number of pyridine rings is 1. The molecule has 6 rings (SSSR count). The highest BCUT2D eigenvalue weighted by atomic mass is 32.2. The molecule has 0 saturated carbocycles. The van der Waals surface area contributed by atoms with Gasteiger partial charge in [0.25, 0.3) is 11.5 Å². The first-order valence-corrected chi connectivity index (χ1v) is 14.9. The van der Waals surface area contributed by atoms with Crippen LogP contribution in [0.5, 0.6) is 0 Å². The van der Waals surface area contributed by atoms with Gasteiger partial charge in [-0.2, -0.15) is 0 Å². The first kappa shape index (κ1) is 27.9. The van der Waals surface area contributed by atoms with Crippen molar-refractivity contribution in [2.24, 2.45) is 7.05 Å². The number of furan rings is 1. The number of anilines is 1. The third-order valence-electron chi connectivity index (χ3n) is 7.05. The molecule has 0 atom stereocenters. The summed E-state index contributed by atoms with van der Waals surface area (Å²) in [6.45, 7) is 1.50. The van der Waals surface area contributed by atoms with Crippen LogP contribution in [0.15, 0.2) is 86.6 Å². The second-order valence-electron chi connectivity index (χ2n) is 9.84. The number of nitrogens with zero attached hydrogens (tertiary/aromatic N) is 2. The lowest BCUT2D eigenvalue weighted by Gasteiger charge is -2.14. The number of hydrogen-bond acceptors (Lipinski definition) is 7. The fourth-order valence-corrected chi connectivity index (χ4v) is 5.51. The van der Waals surface area contributed by atoms with E-state index in [0.29, 0.717) is 33.2 Å². The van der Waals surface area contributed by atoms with Crippen LogP contribution in [0, 0.1) is 5.82 Å². The van der Waals surface area contributed by atoms with Gasteiger partial charge in [-0.25, -0.2) is 17.8 Å². The van der Waals surface area contributed by atoms with Crippen molar-refractivity contribution in [3.8, 4) is 33.9 Å². The van der Waals surface area contributed by atoms with Gasteiger partial charge in [-0.3, -0.25) is 14.3 Å². The number of nitrogens with one attached hydrogen (secondary N) is 2. The van der Waals surface area contributed by atoms with Crippen LogP contribution in [0.25, 0.3) is 56.0 Å². The lowest BCUT2D eigenvalue weighted by Crippen LogP contribution is -2.19. The fourth-order valence-electron chi connectivity index (χ4n) is 4.86. The predicted octanol–water partition coefficient (Wildman–Crippen LogP) is 5.53. The Balaban J connectivity index is 1.63. The minimum Gasteiger partial charge on any atom is -0.455 e. The van der Waals surface area contributed by atoms with Crippen molar-refractivity contribution in [3.05, 3.63) is 94.7 Å². The Labute approximate surface area is 244 Å². The molecule has 12 heteroatoms. The minimum absolute atomic E-state index is 0.105. The van der Waals surface area contributed by atoms with Crippen molar-refractivity contribution in [2.45, 2.75) is 6.92 Å². The number of carbonyl (C=O) groups excluding carboxylic acids is 1. The maximum atomic E-state index is 13.7. The Morgan fingerprint density at radius 1 is 0.977 bits per heavy atom. The summed E-state index contributed by atoms with van der Waals surface area (Å²) in [7, 11) is -0.728. The zero-order chi connectivity index (χ0) is 30.5. The van der Waals surface area contributed by atoms with Crippen molar-refractivity contribution in [2.75, 3.05) is 17.5 Å². The molecule has 0 aliphatic heterocycles. The SMILES string of the molecule is CCS(=O)(=O)Nc1cc2oc(-c3ccc(F)cc3)c(C(=O)NC)c2cc1-c1cc(-c2nc3ccccc3o2)c(=O)n(C)c1. The van der Waals surface area contributed by atoms with Crippen molar-refractivity contribution >= 4 is 43.7 Å². The Bertz CT molecular complexity index is 2180. The van der Waals surface area contributed by atoms with Crippen LogP contribution < -0.4 is 15.6 Å². The van der Waals surface area contributed by atoms with Gasteiger partial charge in [0.15, 0.2) is 5.58 Å². The maximum absolute atomic E-state index is 13.7. The van der Waals surface area contributed by atoms with Crippen LogP contribution in [0.4, 0.5) is 10.1 Å². The van der Waals surface area contributed by atoms with E-state index in [9.17, 15) is 22.4 Å². The molecular weight excluding hydrogens is 575 g/mol. The van der Waals surface area contributed by atoms with Gasteiger partial charge in [0.05, 0.1) is 17.0 Å². The molecule has 0 saturated heterocycles. The van der Waals surface area contributed by atoms with Crippen LogP contribution in [0.1, 0.15) is 17.3 Å². The molecule has 0 aliphatic carbocycles. The lowest BCUT2D eigenvalue weighted by atomic mass is 9.98. The number of aromatic nitrogens is 2. The Hall–Kier alpha value is -5.23. The van der Waals surface area contributed by atoms with E-state index in [-0.39, 0.29) is 45.4 Å². The average molecular weight is 601 g/mol. The van der Waals surface area contributed by atoms with E-state index in [1.807, 2.05) is 0 Å². The number of para-hydroxylation sites is 2. The number of halogens is 1. The van der Waals surface area contributed by atoms with Gasteiger partial charge >= 0.3 is 0 Å². The minimum atomic E-state index is -3.76. The van der Waals surface area contributed by atoms with Gasteiger partial charge in [0, 0.05) is 48.4 Å². The zero-order valence-electron chi connectivity index (χ0n) is 23.3. The van der Waals surface area contributed by atoms with E-state index in [2.05, 4.69) is 15.0 Å². The first-order chi connectivity index (χ1) is 20.6. The number of hydrogen-bond donors (Lipinski definition) is 2. The molecule has 0 fully saturated rings. The molecule has 3 aromatic heterocycles.